The molecule has 0 aliphatic rings. The van der Waals surface area contributed by atoms with E-state index < -0.39 is 0 Å². The zero-order chi connectivity index (χ0) is 16.3. The Morgan fingerprint density at radius 3 is 2.59 bits per heavy atom. The molecule has 0 bridgehead atoms. The Labute approximate surface area is 140 Å². The number of hydrogen-bond acceptors (Lipinski definition) is 2. The van der Waals surface area contributed by atoms with Crippen LogP contribution >= 0.6 is 15.9 Å². The van der Waals surface area contributed by atoms with Gasteiger partial charge in [-0.1, -0.05) is 17.7 Å². The molecule has 0 atom stereocenters. The van der Waals surface area contributed by atoms with Crippen molar-refractivity contribution in [3.8, 4) is 0 Å². The molecule has 1 aromatic heterocycles. The third kappa shape index (κ3) is 3.77. The first-order valence-corrected chi connectivity index (χ1v) is 8.24. The molecule has 0 fully saturated rings. The van der Waals surface area contributed by atoms with Crippen LogP contribution in [0.25, 0.3) is 0 Å². The molecule has 0 aliphatic carbocycles. The standard InChI is InChI=1S/C17H22BrN3O/c1-11-6-7-15(12(2)10-11)17(22)19-8-5-9-21-14(4)16(18)13(3)20-21/h6-7,10H,5,8-9H2,1-4H3,(H,19,22). The molecule has 5 heteroatoms. The Kier molecular flexibility index (Phi) is 5.40. The quantitative estimate of drug-likeness (QED) is 0.823. The summed E-state index contributed by atoms with van der Waals surface area (Å²) in [6.07, 6.45) is 0.852. The van der Waals surface area contributed by atoms with Gasteiger partial charge in [-0.3, -0.25) is 9.48 Å². The van der Waals surface area contributed by atoms with Crippen LogP contribution in [0.3, 0.4) is 0 Å². The van der Waals surface area contributed by atoms with E-state index in [0.717, 1.165) is 40.0 Å². The van der Waals surface area contributed by atoms with Crippen molar-refractivity contribution in [3.05, 3.63) is 50.8 Å². The predicted molar refractivity (Wildman–Crippen MR) is 92.3 cm³/mol. The number of aryl methyl sites for hydroxylation is 4. The second-order valence-electron chi connectivity index (χ2n) is 5.64. The molecule has 1 heterocycles. The number of nitrogens with zero attached hydrogens (tertiary/aromatic N) is 2. The summed E-state index contributed by atoms with van der Waals surface area (Å²) in [6, 6.07) is 5.88. The van der Waals surface area contributed by atoms with Crippen molar-refractivity contribution in [2.45, 2.75) is 40.7 Å². The minimum atomic E-state index is -0.00736. The summed E-state index contributed by atoms with van der Waals surface area (Å²) in [7, 11) is 0. The van der Waals surface area contributed by atoms with Crippen LogP contribution in [0.15, 0.2) is 22.7 Å². The van der Waals surface area contributed by atoms with Gasteiger partial charge in [0.15, 0.2) is 0 Å². The van der Waals surface area contributed by atoms with Crippen LogP contribution in [0.5, 0.6) is 0 Å². The van der Waals surface area contributed by atoms with E-state index in [1.165, 1.54) is 5.56 Å². The maximum atomic E-state index is 12.2. The number of benzene rings is 1. The fraction of sp³-hybridized carbons (Fsp3) is 0.412. The molecule has 0 aliphatic heterocycles. The predicted octanol–water partition coefficient (Wildman–Crippen LogP) is 3.70. The topological polar surface area (TPSA) is 46.9 Å². The van der Waals surface area contributed by atoms with Crippen LogP contribution in [0.1, 0.15) is 39.3 Å². The van der Waals surface area contributed by atoms with Gasteiger partial charge in [0, 0.05) is 24.3 Å². The lowest BCUT2D eigenvalue weighted by atomic mass is 10.1. The molecule has 0 saturated carbocycles. The lowest BCUT2D eigenvalue weighted by Gasteiger charge is -2.09. The Morgan fingerprint density at radius 1 is 1.27 bits per heavy atom. The fourth-order valence-corrected chi connectivity index (χ4v) is 2.77. The number of rotatable bonds is 5. The number of halogens is 1. The van der Waals surface area contributed by atoms with Gasteiger partial charge in [-0.25, -0.2) is 0 Å². The molecule has 2 rings (SSSR count). The maximum absolute atomic E-state index is 12.2. The third-order valence-electron chi connectivity index (χ3n) is 3.75. The van der Waals surface area contributed by atoms with E-state index in [4.69, 9.17) is 0 Å². The van der Waals surface area contributed by atoms with E-state index in [1.807, 2.05) is 50.6 Å². The number of amides is 1. The second-order valence-corrected chi connectivity index (χ2v) is 6.43. The number of aromatic nitrogens is 2. The summed E-state index contributed by atoms with van der Waals surface area (Å²) in [5.41, 5.74) is 5.05. The summed E-state index contributed by atoms with van der Waals surface area (Å²) >= 11 is 3.52. The molecule has 0 spiro atoms. The monoisotopic (exact) mass is 363 g/mol. The zero-order valence-corrected chi connectivity index (χ0v) is 15.1. The molecule has 1 N–H and O–H groups in total. The third-order valence-corrected chi connectivity index (χ3v) is 4.90. The first-order chi connectivity index (χ1) is 10.4. The number of carbonyl (C=O) groups excluding carboxylic acids is 1. The van der Waals surface area contributed by atoms with Gasteiger partial charge in [0.2, 0.25) is 0 Å². The summed E-state index contributed by atoms with van der Waals surface area (Å²) in [6.45, 7) is 9.46. The van der Waals surface area contributed by atoms with Crippen molar-refractivity contribution >= 4 is 21.8 Å². The van der Waals surface area contributed by atoms with E-state index in [-0.39, 0.29) is 5.91 Å². The lowest BCUT2D eigenvalue weighted by molar-refractivity contribution is 0.0952. The van der Waals surface area contributed by atoms with Gasteiger partial charge in [-0.05, 0) is 61.7 Å². The number of nitrogens with one attached hydrogen (secondary N) is 1. The fourth-order valence-electron chi connectivity index (χ4n) is 2.49. The molecule has 0 saturated heterocycles. The van der Waals surface area contributed by atoms with Gasteiger partial charge in [0.25, 0.3) is 5.91 Å². The van der Waals surface area contributed by atoms with Crippen molar-refractivity contribution in [1.82, 2.24) is 15.1 Å². The summed E-state index contributed by atoms with van der Waals surface area (Å²) in [5, 5.41) is 7.44. The van der Waals surface area contributed by atoms with Crippen molar-refractivity contribution in [2.24, 2.45) is 0 Å². The van der Waals surface area contributed by atoms with Crippen LogP contribution in [0.4, 0.5) is 0 Å². The molecule has 1 aromatic carbocycles. The molecule has 0 radical (unpaired) electrons. The van der Waals surface area contributed by atoms with Crippen molar-refractivity contribution in [1.29, 1.82) is 0 Å². The highest BCUT2D eigenvalue weighted by Gasteiger charge is 2.10. The van der Waals surface area contributed by atoms with Crippen molar-refractivity contribution in [2.75, 3.05) is 6.54 Å². The summed E-state index contributed by atoms with van der Waals surface area (Å²) in [5.74, 6) is -0.00736. The summed E-state index contributed by atoms with van der Waals surface area (Å²) in [4.78, 5) is 12.2. The first-order valence-electron chi connectivity index (χ1n) is 7.45. The molecule has 0 unspecified atom stereocenters. The Balaban J connectivity index is 1.86. The van der Waals surface area contributed by atoms with Crippen LogP contribution < -0.4 is 5.32 Å². The minimum Gasteiger partial charge on any atom is -0.352 e. The first kappa shape index (κ1) is 16.7. The van der Waals surface area contributed by atoms with Crippen LogP contribution in [0, 0.1) is 27.7 Å². The highest BCUT2D eigenvalue weighted by atomic mass is 79.9. The van der Waals surface area contributed by atoms with E-state index in [2.05, 4.69) is 26.3 Å². The normalized spacial score (nSPS) is 10.8. The van der Waals surface area contributed by atoms with Gasteiger partial charge in [0.1, 0.15) is 0 Å². The van der Waals surface area contributed by atoms with E-state index >= 15 is 0 Å². The Morgan fingerprint density at radius 2 is 2.00 bits per heavy atom. The van der Waals surface area contributed by atoms with Crippen molar-refractivity contribution < 1.29 is 4.79 Å². The molecule has 4 nitrogen and oxygen atoms in total. The molecule has 22 heavy (non-hydrogen) atoms. The minimum absolute atomic E-state index is 0.00736. The highest BCUT2D eigenvalue weighted by molar-refractivity contribution is 9.10. The average Bonchev–Trinajstić information content (AvgIpc) is 2.70. The Hall–Kier alpha value is -1.62. The van der Waals surface area contributed by atoms with Crippen LogP contribution in [-0.2, 0) is 6.54 Å². The smallest absolute Gasteiger partial charge is 0.251 e. The van der Waals surface area contributed by atoms with Crippen LogP contribution in [-0.4, -0.2) is 22.2 Å². The van der Waals surface area contributed by atoms with E-state index in [1.54, 1.807) is 0 Å². The number of hydrogen-bond donors (Lipinski definition) is 1. The molecule has 118 valence electrons. The van der Waals surface area contributed by atoms with Gasteiger partial charge < -0.3 is 5.32 Å². The van der Waals surface area contributed by atoms with Gasteiger partial charge in [0.05, 0.1) is 10.2 Å². The molecule has 2 aromatic rings. The lowest BCUT2D eigenvalue weighted by Crippen LogP contribution is -2.26. The van der Waals surface area contributed by atoms with Gasteiger partial charge >= 0.3 is 0 Å². The van der Waals surface area contributed by atoms with Crippen LogP contribution in [0.2, 0.25) is 0 Å². The molecular weight excluding hydrogens is 342 g/mol. The maximum Gasteiger partial charge on any atom is 0.251 e. The Bertz CT molecular complexity index is 691. The number of carbonyl (C=O) groups is 1. The van der Waals surface area contributed by atoms with E-state index in [0.29, 0.717) is 6.54 Å². The van der Waals surface area contributed by atoms with Crippen molar-refractivity contribution in [3.63, 3.8) is 0 Å². The van der Waals surface area contributed by atoms with E-state index in [9.17, 15) is 4.79 Å². The second kappa shape index (κ2) is 7.09. The zero-order valence-electron chi connectivity index (χ0n) is 13.5. The van der Waals surface area contributed by atoms with Gasteiger partial charge in [-0.2, -0.15) is 5.10 Å². The van der Waals surface area contributed by atoms with Gasteiger partial charge in [-0.15, -0.1) is 0 Å². The summed E-state index contributed by atoms with van der Waals surface area (Å²) < 4.78 is 3.04. The SMILES string of the molecule is Cc1ccc(C(=O)NCCCn2nc(C)c(Br)c2C)c(C)c1. The highest BCUT2D eigenvalue weighted by Crippen LogP contribution is 2.19. The molecular formula is C17H22BrN3O. The average molecular weight is 364 g/mol. The largest absolute Gasteiger partial charge is 0.352 e. The molecule has 1 amide bonds.